The van der Waals surface area contributed by atoms with Gasteiger partial charge in [0.1, 0.15) is 0 Å². The maximum absolute atomic E-state index is 12.4. The molecule has 5 heteroatoms. The summed E-state index contributed by atoms with van der Waals surface area (Å²) in [4.78, 5) is 12.4. The average molecular weight is 748 g/mol. The van der Waals surface area contributed by atoms with Gasteiger partial charge in [-0.25, -0.2) is 0 Å². The number of rotatable bonds is 43. The molecule has 0 radical (unpaired) electrons. The minimum Gasteiger partial charge on any atom is -0.394 e. The summed E-state index contributed by atoms with van der Waals surface area (Å²) in [5.41, 5.74) is 0. The second-order valence-electron chi connectivity index (χ2n) is 16.4. The van der Waals surface area contributed by atoms with Gasteiger partial charge in [0.2, 0.25) is 5.91 Å². The van der Waals surface area contributed by atoms with Crippen molar-refractivity contribution in [3.63, 3.8) is 0 Å². The highest BCUT2D eigenvalue weighted by atomic mass is 16.3. The second kappa shape index (κ2) is 43.6. The van der Waals surface area contributed by atoms with Crippen LogP contribution >= 0.6 is 0 Å². The van der Waals surface area contributed by atoms with Gasteiger partial charge in [0, 0.05) is 0 Å². The molecule has 0 aromatic heterocycles. The number of aliphatic hydroxyl groups excluding tert-OH is 3. The van der Waals surface area contributed by atoms with Crippen LogP contribution in [0.25, 0.3) is 0 Å². The van der Waals surface area contributed by atoms with Gasteiger partial charge in [0.05, 0.1) is 31.3 Å². The number of carbonyl (C=O) groups is 1. The third kappa shape index (κ3) is 40.3. The fourth-order valence-electron chi connectivity index (χ4n) is 7.36. The van der Waals surface area contributed by atoms with Crippen molar-refractivity contribution >= 4 is 5.91 Å². The minimum atomic E-state index is -0.948. The molecule has 3 unspecified atom stereocenters. The molecule has 0 aliphatic heterocycles. The highest BCUT2D eigenvalue weighted by Crippen LogP contribution is 2.16. The predicted octanol–water partition coefficient (Wildman–Crippen LogP) is 13.8. The van der Waals surface area contributed by atoms with E-state index in [-0.39, 0.29) is 18.9 Å². The molecule has 0 aliphatic rings. The van der Waals surface area contributed by atoms with E-state index in [2.05, 4.69) is 31.3 Å². The van der Waals surface area contributed by atoms with Crippen LogP contribution < -0.4 is 5.32 Å². The second-order valence-corrected chi connectivity index (χ2v) is 16.4. The molecule has 0 saturated heterocycles. The first-order valence-corrected chi connectivity index (χ1v) is 23.6. The minimum absolute atomic E-state index is 0.00942. The Bertz CT molecular complexity index is 784. The Morgan fingerprint density at radius 3 is 1.21 bits per heavy atom. The molecule has 0 saturated carbocycles. The van der Waals surface area contributed by atoms with Crippen LogP contribution in [0.4, 0.5) is 0 Å². The number of hydrogen-bond acceptors (Lipinski definition) is 4. The molecule has 0 aromatic rings. The zero-order valence-corrected chi connectivity index (χ0v) is 35.7. The van der Waals surface area contributed by atoms with E-state index in [0.29, 0.717) is 6.42 Å². The Morgan fingerprint density at radius 1 is 0.472 bits per heavy atom. The van der Waals surface area contributed by atoms with Gasteiger partial charge in [0.15, 0.2) is 0 Å². The topological polar surface area (TPSA) is 89.8 Å². The number of amides is 1. The number of nitrogens with one attached hydrogen (secondary N) is 1. The molecule has 0 rings (SSSR count). The number of unbranched alkanes of at least 4 members (excludes halogenated alkanes) is 32. The van der Waals surface area contributed by atoms with Crippen molar-refractivity contribution in [2.24, 2.45) is 0 Å². The highest BCUT2D eigenvalue weighted by molar-refractivity contribution is 5.76. The van der Waals surface area contributed by atoms with E-state index in [1.54, 1.807) is 6.08 Å². The summed E-state index contributed by atoms with van der Waals surface area (Å²) >= 11 is 0. The van der Waals surface area contributed by atoms with E-state index in [1.807, 2.05) is 6.08 Å². The summed E-state index contributed by atoms with van der Waals surface area (Å²) in [7, 11) is 0. The summed E-state index contributed by atoms with van der Waals surface area (Å²) in [6.07, 6.45) is 53.4. The Morgan fingerprint density at radius 2 is 0.811 bits per heavy atom. The van der Waals surface area contributed by atoms with Gasteiger partial charge >= 0.3 is 0 Å². The van der Waals surface area contributed by atoms with Crippen molar-refractivity contribution in [2.75, 3.05) is 6.61 Å². The number of hydrogen-bond donors (Lipinski definition) is 4. The van der Waals surface area contributed by atoms with E-state index in [9.17, 15) is 20.1 Å². The van der Waals surface area contributed by atoms with Gasteiger partial charge in [-0.1, -0.05) is 237 Å². The van der Waals surface area contributed by atoms with Gasteiger partial charge < -0.3 is 20.6 Å². The van der Waals surface area contributed by atoms with Gasteiger partial charge in [-0.15, -0.1) is 0 Å². The van der Waals surface area contributed by atoms with Gasteiger partial charge in [-0.05, 0) is 32.1 Å². The number of allylic oxidation sites excluding steroid dienone is 3. The maximum atomic E-state index is 12.4. The van der Waals surface area contributed by atoms with Crippen LogP contribution in [-0.2, 0) is 4.79 Å². The molecule has 1 amide bonds. The third-order valence-corrected chi connectivity index (χ3v) is 11.0. The largest absolute Gasteiger partial charge is 0.394 e. The Kier molecular flexibility index (Phi) is 42.6. The lowest BCUT2D eigenvalue weighted by atomic mass is 10.0. The molecule has 4 N–H and O–H groups in total. The molecule has 5 nitrogen and oxygen atoms in total. The Hall–Kier alpha value is -1.17. The first-order chi connectivity index (χ1) is 26.0. The predicted molar refractivity (Wildman–Crippen MR) is 231 cm³/mol. The summed E-state index contributed by atoms with van der Waals surface area (Å²) in [5, 5.41) is 33.2. The molecule has 0 heterocycles. The third-order valence-electron chi connectivity index (χ3n) is 11.0. The monoisotopic (exact) mass is 748 g/mol. The van der Waals surface area contributed by atoms with Gasteiger partial charge in [-0.3, -0.25) is 4.79 Å². The Balaban J connectivity index is 3.63. The molecular formula is C48H93NO4. The zero-order chi connectivity index (χ0) is 38.7. The van der Waals surface area contributed by atoms with Crippen molar-refractivity contribution in [1.29, 1.82) is 0 Å². The molecule has 314 valence electrons. The summed E-state index contributed by atoms with van der Waals surface area (Å²) < 4.78 is 0. The molecule has 0 fully saturated rings. The standard InChI is InChI=1S/C48H93NO4/c1-3-5-7-9-11-13-15-17-18-19-20-21-22-23-24-25-26-27-28-30-32-34-36-38-40-42-47(52)46(44-50)49-48(53)43-45(51)41-39-37-35-33-31-29-16-14-12-10-8-6-4-2/h32,34,40,42,45-47,50-52H,3-31,33,35-39,41,43-44H2,1-2H3,(H,49,53)/b34-32+,42-40+. The first kappa shape index (κ1) is 51.8. The van der Waals surface area contributed by atoms with Crippen LogP contribution in [0, 0.1) is 0 Å². The van der Waals surface area contributed by atoms with Crippen LogP contribution in [0.3, 0.4) is 0 Å². The molecule has 0 bridgehead atoms. The Labute approximate surface area is 331 Å². The van der Waals surface area contributed by atoms with Crippen molar-refractivity contribution in [3.8, 4) is 0 Å². The maximum Gasteiger partial charge on any atom is 0.222 e. The number of carbonyl (C=O) groups excluding carboxylic acids is 1. The van der Waals surface area contributed by atoms with Crippen LogP contribution in [0.15, 0.2) is 24.3 Å². The molecule has 0 aliphatic carbocycles. The quantitative estimate of drug-likeness (QED) is 0.0369. The molecule has 0 aromatic carbocycles. The van der Waals surface area contributed by atoms with E-state index in [1.165, 1.54) is 193 Å². The molecule has 0 spiro atoms. The smallest absolute Gasteiger partial charge is 0.222 e. The average Bonchev–Trinajstić information content (AvgIpc) is 3.15. The molecule has 53 heavy (non-hydrogen) atoms. The summed E-state index contributed by atoms with van der Waals surface area (Å²) in [6.45, 7) is 4.21. The fraction of sp³-hybridized carbons (Fsp3) is 0.896. The van der Waals surface area contributed by atoms with Crippen LogP contribution in [0.2, 0.25) is 0 Å². The fourth-order valence-corrected chi connectivity index (χ4v) is 7.36. The molecular weight excluding hydrogens is 655 g/mol. The zero-order valence-electron chi connectivity index (χ0n) is 35.7. The van der Waals surface area contributed by atoms with Crippen LogP contribution in [-0.4, -0.2) is 46.1 Å². The van der Waals surface area contributed by atoms with Crippen LogP contribution in [0.1, 0.15) is 251 Å². The number of aliphatic hydroxyl groups is 3. The van der Waals surface area contributed by atoms with E-state index in [4.69, 9.17) is 0 Å². The van der Waals surface area contributed by atoms with E-state index >= 15 is 0 Å². The summed E-state index contributed by atoms with van der Waals surface area (Å²) in [6, 6.07) is -0.757. The lowest BCUT2D eigenvalue weighted by molar-refractivity contribution is -0.124. The van der Waals surface area contributed by atoms with E-state index < -0.39 is 18.2 Å². The lowest BCUT2D eigenvalue weighted by Crippen LogP contribution is -2.45. The van der Waals surface area contributed by atoms with Gasteiger partial charge in [0.25, 0.3) is 0 Å². The van der Waals surface area contributed by atoms with Crippen molar-refractivity contribution in [1.82, 2.24) is 5.32 Å². The summed E-state index contributed by atoms with van der Waals surface area (Å²) in [5.74, 6) is -0.323. The van der Waals surface area contributed by atoms with Crippen LogP contribution in [0.5, 0.6) is 0 Å². The van der Waals surface area contributed by atoms with Gasteiger partial charge in [-0.2, -0.15) is 0 Å². The normalized spacial score (nSPS) is 13.7. The van der Waals surface area contributed by atoms with E-state index in [0.717, 1.165) is 32.1 Å². The lowest BCUT2D eigenvalue weighted by Gasteiger charge is -2.21. The van der Waals surface area contributed by atoms with Crippen molar-refractivity contribution in [3.05, 3.63) is 24.3 Å². The SMILES string of the molecule is CCCCCCCCCCCCCCCCCCCCC/C=C/CC/C=C/C(O)C(CO)NC(=O)CC(O)CCCCCCCCCCCCCCC. The first-order valence-electron chi connectivity index (χ1n) is 23.6. The van der Waals surface area contributed by atoms with Crippen molar-refractivity contribution < 1.29 is 20.1 Å². The van der Waals surface area contributed by atoms with Crippen molar-refractivity contribution in [2.45, 2.75) is 270 Å². The molecule has 3 atom stereocenters. The highest BCUT2D eigenvalue weighted by Gasteiger charge is 2.20.